The van der Waals surface area contributed by atoms with Crippen molar-refractivity contribution in [2.75, 3.05) is 17.0 Å². The molecule has 2 N–H and O–H groups in total. The summed E-state index contributed by atoms with van der Waals surface area (Å²) in [6.07, 6.45) is 0.217. The lowest BCUT2D eigenvalue weighted by atomic mass is 10.2. The molecular formula is C23H23FN2O5S2. The van der Waals surface area contributed by atoms with Crippen LogP contribution < -0.4 is 10.0 Å². The van der Waals surface area contributed by atoms with Crippen molar-refractivity contribution in [2.24, 2.45) is 0 Å². The van der Waals surface area contributed by atoms with Crippen LogP contribution in [-0.2, 0) is 19.9 Å². The molecule has 0 aromatic heterocycles. The highest BCUT2D eigenvalue weighted by Gasteiger charge is 2.17. The van der Waals surface area contributed by atoms with Gasteiger partial charge in [0.15, 0.2) is 9.84 Å². The number of sulfonamides is 1. The van der Waals surface area contributed by atoms with E-state index in [-0.39, 0.29) is 39.8 Å². The summed E-state index contributed by atoms with van der Waals surface area (Å²) >= 11 is 0. The van der Waals surface area contributed by atoms with Crippen LogP contribution >= 0.6 is 0 Å². The average molecular weight is 491 g/mol. The van der Waals surface area contributed by atoms with Gasteiger partial charge in [-0.25, -0.2) is 21.2 Å². The normalized spacial score (nSPS) is 11.7. The van der Waals surface area contributed by atoms with Gasteiger partial charge in [-0.15, -0.1) is 0 Å². The third-order valence-electron chi connectivity index (χ3n) is 4.81. The molecule has 0 saturated heterocycles. The second kappa shape index (κ2) is 10.1. The molecule has 0 unspecified atom stereocenters. The molecule has 0 saturated carbocycles. The minimum atomic E-state index is -4.05. The van der Waals surface area contributed by atoms with Crippen molar-refractivity contribution in [3.8, 4) is 0 Å². The molecule has 33 heavy (non-hydrogen) atoms. The number of sulfone groups is 1. The summed E-state index contributed by atoms with van der Waals surface area (Å²) in [6.45, 7) is 1.65. The van der Waals surface area contributed by atoms with Crippen LogP contribution in [0.5, 0.6) is 0 Å². The van der Waals surface area contributed by atoms with E-state index in [0.29, 0.717) is 5.56 Å². The fourth-order valence-electron chi connectivity index (χ4n) is 2.99. The van der Waals surface area contributed by atoms with Crippen molar-refractivity contribution in [1.29, 1.82) is 0 Å². The number of hydrogen-bond acceptors (Lipinski definition) is 5. The smallest absolute Gasteiger partial charge is 0.261 e. The molecule has 0 aliphatic heterocycles. The molecule has 0 heterocycles. The van der Waals surface area contributed by atoms with Gasteiger partial charge in [-0.1, -0.05) is 30.3 Å². The zero-order valence-corrected chi connectivity index (χ0v) is 19.4. The molecule has 0 fully saturated rings. The van der Waals surface area contributed by atoms with Gasteiger partial charge in [0.05, 0.1) is 15.5 Å². The van der Waals surface area contributed by atoms with E-state index in [2.05, 4.69) is 10.0 Å². The maximum absolute atomic E-state index is 13.8. The minimum Gasteiger partial charge on any atom is -0.352 e. The monoisotopic (exact) mass is 490 g/mol. The number of anilines is 1. The Balaban J connectivity index is 1.59. The number of halogens is 1. The maximum atomic E-state index is 13.8. The van der Waals surface area contributed by atoms with E-state index in [0.717, 1.165) is 6.07 Å². The van der Waals surface area contributed by atoms with Gasteiger partial charge in [0.2, 0.25) is 0 Å². The summed E-state index contributed by atoms with van der Waals surface area (Å²) < 4.78 is 65.7. The van der Waals surface area contributed by atoms with Crippen LogP contribution in [0.1, 0.15) is 22.3 Å². The molecule has 1 amide bonds. The summed E-state index contributed by atoms with van der Waals surface area (Å²) in [6, 6.07) is 17.5. The quantitative estimate of drug-likeness (QED) is 0.446. The molecule has 3 rings (SSSR count). The second-order valence-corrected chi connectivity index (χ2v) is 11.1. The van der Waals surface area contributed by atoms with Gasteiger partial charge in [0.25, 0.3) is 15.9 Å². The van der Waals surface area contributed by atoms with Gasteiger partial charge in [-0.05, 0) is 61.4 Å². The number of aryl methyl sites for hydroxylation is 1. The molecule has 0 bridgehead atoms. The SMILES string of the molecule is Cc1ccc(S(=O)(=O)Nc2cccc(C(=O)NCCCS(=O)(=O)c3ccccc3)c2)cc1F. The average Bonchev–Trinajstić information content (AvgIpc) is 2.79. The number of amides is 1. The van der Waals surface area contributed by atoms with Crippen LogP contribution in [0.4, 0.5) is 10.1 Å². The van der Waals surface area contributed by atoms with Gasteiger partial charge >= 0.3 is 0 Å². The molecule has 0 aliphatic rings. The Kier molecular flexibility index (Phi) is 7.50. The van der Waals surface area contributed by atoms with E-state index < -0.39 is 31.6 Å². The summed E-state index contributed by atoms with van der Waals surface area (Å²) in [5.74, 6) is -1.24. The maximum Gasteiger partial charge on any atom is 0.261 e. The van der Waals surface area contributed by atoms with Crippen LogP contribution in [0.15, 0.2) is 82.6 Å². The van der Waals surface area contributed by atoms with Crippen molar-refractivity contribution >= 4 is 31.5 Å². The fraction of sp³-hybridized carbons (Fsp3) is 0.174. The van der Waals surface area contributed by atoms with Crippen LogP contribution in [0.3, 0.4) is 0 Å². The van der Waals surface area contributed by atoms with E-state index in [1.54, 1.807) is 18.2 Å². The minimum absolute atomic E-state index is 0.121. The fourth-order valence-corrected chi connectivity index (χ4v) is 5.38. The first kappa shape index (κ1) is 24.4. The van der Waals surface area contributed by atoms with E-state index in [4.69, 9.17) is 0 Å². The molecule has 10 heteroatoms. The highest BCUT2D eigenvalue weighted by Crippen LogP contribution is 2.19. The van der Waals surface area contributed by atoms with Crippen molar-refractivity contribution in [2.45, 2.75) is 23.1 Å². The summed E-state index contributed by atoms with van der Waals surface area (Å²) in [5.41, 5.74) is 0.649. The van der Waals surface area contributed by atoms with Gasteiger partial charge in [0, 0.05) is 17.8 Å². The Morgan fingerprint density at radius 2 is 1.61 bits per heavy atom. The standard InChI is InChI=1S/C23H23FN2O5S2/c1-17-11-12-21(16-22(17)24)33(30,31)26-19-8-5-7-18(15-19)23(27)25-13-6-14-32(28,29)20-9-3-2-4-10-20/h2-5,7-12,15-16,26H,6,13-14H2,1H3,(H,25,27). The zero-order chi connectivity index (χ0) is 24.1. The lowest BCUT2D eigenvalue weighted by Gasteiger charge is -2.11. The van der Waals surface area contributed by atoms with Gasteiger partial charge in [-0.3, -0.25) is 9.52 Å². The highest BCUT2D eigenvalue weighted by molar-refractivity contribution is 7.92. The molecule has 0 radical (unpaired) electrons. The van der Waals surface area contributed by atoms with Crippen LogP contribution in [-0.4, -0.2) is 35.0 Å². The van der Waals surface area contributed by atoms with Crippen LogP contribution in [0, 0.1) is 12.7 Å². The Bertz CT molecular complexity index is 1360. The van der Waals surface area contributed by atoms with E-state index in [1.165, 1.54) is 55.5 Å². The van der Waals surface area contributed by atoms with Gasteiger partial charge < -0.3 is 5.32 Å². The largest absolute Gasteiger partial charge is 0.352 e. The number of nitrogens with one attached hydrogen (secondary N) is 2. The Labute approximate surface area is 192 Å². The lowest BCUT2D eigenvalue weighted by molar-refractivity contribution is 0.0953. The van der Waals surface area contributed by atoms with Crippen LogP contribution in [0.2, 0.25) is 0 Å². The summed E-state index contributed by atoms with van der Waals surface area (Å²) in [4.78, 5) is 12.4. The van der Waals surface area contributed by atoms with E-state index in [9.17, 15) is 26.0 Å². The third-order valence-corrected chi connectivity index (χ3v) is 8.00. The lowest BCUT2D eigenvalue weighted by Crippen LogP contribution is -2.26. The molecule has 0 spiro atoms. The van der Waals surface area contributed by atoms with Crippen molar-refractivity contribution in [3.63, 3.8) is 0 Å². The Morgan fingerprint density at radius 1 is 0.879 bits per heavy atom. The van der Waals surface area contributed by atoms with Crippen molar-refractivity contribution in [1.82, 2.24) is 5.32 Å². The first-order chi connectivity index (χ1) is 15.6. The predicted molar refractivity (Wildman–Crippen MR) is 124 cm³/mol. The van der Waals surface area contributed by atoms with Crippen molar-refractivity contribution < 1.29 is 26.0 Å². The number of carbonyl (C=O) groups excluding carboxylic acids is 1. The number of rotatable bonds is 9. The van der Waals surface area contributed by atoms with Crippen molar-refractivity contribution in [3.05, 3.63) is 89.7 Å². The molecular weight excluding hydrogens is 467 g/mol. The molecule has 0 atom stereocenters. The zero-order valence-electron chi connectivity index (χ0n) is 17.8. The topological polar surface area (TPSA) is 109 Å². The summed E-state index contributed by atoms with van der Waals surface area (Å²) in [5, 5.41) is 2.63. The van der Waals surface area contributed by atoms with Gasteiger partial charge in [0.1, 0.15) is 5.82 Å². The number of benzene rings is 3. The third kappa shape index (κ3) is 6.39. The molecule has 3 aromatic rings. The number of hydrogen-bond donors (Lipinski definition) is 2. The Hall–Kier alpha value is -3.24. The molecule has 174 valence electrons. The van der Waals surface area contributed by atoms with E-state index >= 15 is 0 Å². The first-order valence-electron chi connectivity index (χ1n) is 10.0. The predicted octanol–water partition coefficient (Wildman–Crippen LogP) is 3.53. The molecule has 3 aromatic carbocycles. The van der Waals surface area contributed by atoms with E-state index in [1.807, 2.05) is 0 Å². The van der Waals surface area contributed by atoms with Crippen LogP contribution in [0.25, 0.3) is 0 Å². The first-order valence-corrected chi connectivity index (χ1v) is 13.2. The second-order valence-electron chi connectivity index (χ2n) is 7.34. The summed E-state index contributed by atoms with van der Waals surface area (Å²) in [7, 11) is -7.48. The molecule has 7 nitrogen and oxygen atoms in total. The van der Waals surface area contributed by atoms with Gasteiger partial charge in [-0.2, -0.15) is 0 Å². The molecule has 0 aliphatic carbocycles. The number of carbonyl (C=O) groups is 1. The highest BCUT2D eigenvalue weighted by atomic mass is 32.2. The Morgan fingerprint density at radius 3 is 2.30 bits per heavy atom.